The number of hydrogen-bond donors (Lipinski definition) is 4. The molecule has 0 aromatic heterocycles. The van der Waals surface area contributed by atoms with E-state index in [2.05, 4.69) is 53.7 Å². The predicted molar refractivity (Wildman–Crippen MR) is 130 cm³/mol. The summed E-state index contributed by atoms with van der Waals surface area (Å²) in [5.41, 5.74) is -2.09. The maximum absolute atomic E-state index is 11.8. The molecule has 5 fully saturated rings. The summed E-state index contributed by atoms with van der Waals surface area (Å²) in [7, 11) is 0. The number of rotatable bonds is 4. The molecule has 4 heteroatoms. The molecule has 0 aromatic rings. The summed E-state index contributed by atoms with van der Waals surface area (Å²) in [6.07, 6.45) is 9.14. The van der Waals surface area contributed by atoms with Crippen molar-refractivity contribution in [1.82, 2.24) is 0 Å². The Morgan fingerprint density at radius 1 is 0.848 bits per heavy atom. The number of aliphatic hydroxyl groups excluding tert-OH is 3. The van der Waals surface area contributed by atoms with Crippen molar-refractivity contribution in [2.24, 2.45) is 51.2 Å². The first kappa shape index (κ1) is 24.3. The molecule has 0 heterocycles. The van der Waals surface area contributed by atoms with Crippen LogP contribution in [0.5, 0.6) is 0 Å². The van der Waals surface area contributed by atoms with Crippen molar-refractivity contribution >= 4 is 0 Å². The second-order valence-corrected chi connectivity index (χ2v) is 13.9. The van der Waals surface area contributed by atoms with Crippen molar-refractivity contribution < 1.29 is 20.4 Å². The Bertz CT molecular complexity index is 824. The van der Waals surface area contributed by atoms with Gasteiger partial charge in [-0.05, 0) is 85.4 Å². The highest BCUT2D eigenvalue weighted by Crippen LogP contribution is 2.90. The maximum Gasteiger partial charge on any atom is 0.110 e. The van der Waals surface area contributed by atoms with E-state index in [1.54, 1.807) is 0 Å². The van der Waals surface area contributed by atoms with Gasteiger partial charge in [-0.25, -0.2) is 0 Å². The Balaban J connectivity index is 1.48. The maximum atomic E-state index is 11.8. The molecule has 5 rings (SSSR count). The van der Waals surface area contributed by atoms with Gasteiger partial charge in [0.05, 0.1) is 12.2 Å². The molecule has 0 amide bonds. The quantitative estimate of drug-likeness (QED) is 0.459. The van der Waals surface area contributed by atoms with Gasteiger partial charge in [-0.15, -0.1) is 0 Å². The van der Waals surface area contributed by atoms with Crippen LogP contribution in [0.4, 0.5) is 0 Å². The van der Waals surface area contributed by atoms with E-state index in [1.165, 1.54) is 6.42 Å². The van der Waals surface area contributed by atoms with Crippen LogP contribution in [-0.4, -0.2) is 44.3 Å². The highest BCUT2D eigenvalue weighted by atomic mass is 16.4. The van der Waals surface area contributed by atoms with Crippen LogP contribution in [0.1, 0.15) is 92.9 Å². The summed E-state index contributed by atoms with van der Waals surface area (Å²) in [4.78, 5) is 0. The zero-order valence-electron chi connectivity index (χ0n) is 21.7. The van der Waals surface area contributed by atoms with E-state index in [1.807, 2.05) is 0 Å². The van der Waals surface area contributed by atoms with Crippen molar-refractivity contribution in [3.8, 4) is 0 Å². The highest BCUT2D eigenvalue weighted by Gasteiger charge is 2.90. The van der Waals surface area contributed by atoms with Gasteiger partial charge < -0.3 is 20.4 Å². The van der Waals surface area contributed by atoms with Crippen LogP contribution in [0.15, 0.2) is 12.2 Å². The Morgan fingerprint density at radius 3 is 2.21 bits per heavy atom. The summed E-state index contributed by atoms with van der Waals surface area (Å²) in [6.45, 7) is 13.9. The van der Waals surface area contributed by atoms with E-state index < -0.39 is 29.3 Å². The molecule has 188 valence electrons. The standard InChI is InChI=1S/C29H48O4/c1-17(2)18(3)7-8-19(4)21-9-10-22-25(21,5)13-14-27-16-28(22,27)23(31)24(32)29(33)15-20(30)11-12-26(27,29)6/h7-8,17-24,30-33H,9-16H2,1-6H3/b8-7+/t18?,19-,20+,21-,22?,23+,24-,25-,26+,27?,28?,29-/m1/s1. The molecule has 0 spiro atoms. The molecular weight excluding hydrogens is 412 g/mol. The molecule has 5 aliphatic rings. The van der Waals surface area contributed by atoms with Crippen LogP contribution < -0.4 is 0 Å². The highest BCUT2D eigenvalue weighted by molar-refractivity contribution is 5.38. The van der Waals surface area contributed by atoms with E-state index in [-0.39, 0.29) is 22.7 Å². The van der Waals surface area contributed by atoms with Gasteiger partial charge in [-0.3, -0.25) is 0 Å². The molecule has 0 bridgehead atoms. The molecule has 33 heavy (non-hydrogen) atoms. The topological polar surface area (TPSA) is 80.9 Å². The first-order valence-electron chi connectivity index (χ1n) is 13.8. The molecule has 4 N–H and O–H groups in total. The molecule has 5 saturated carbocycles. The lowest BCUT2D eigenvalue weighted by atomic mass is 9.41. The smallest absolute Gasteiger partial charge is 0.110 e. The van der Waals surface area contributed by atoms with Gasteiger partial charge in [0, 0.05) is 17.3 Å². The van der Waals surface area contributed by atoms with Crippen LogP contribution in [0.2, 0.25) is 0 Å². The lowest BCUT2D eigenvalue weighted by Crippen LogP contribution is -2.73. The molecular formula is C29H48O4. The predicted octanol–water partition coefficient (Wildman–Crippen LogP) is 4.69. The fraction of sp³-hybridized carbons (Fsp3) is 0.931. The van der Waals surface area contributed by atoms with Gasteiger partial charge in [0.1, 0.15) is 11.7 Å². The summed E-state index contributed by atoms with van der Waals surface area (Å²) < 4.78 is 0. The molecule has 0 aromatic carbocycles. The first-order valence-corrected chi connectivity index (χ1v) is 13.8. The zero-order chi connectivity index (χ0) is 24.2. The second-order valence-electron chi connectivity index (χ2n) is 13.9. The average molecular weight is 461 g/mol. The Hall–Kier alpha value is -0.420. The SMILES string of the molecule is CC(C)C(C)/C=C/[C@@H](C)[C@H]1CCC2C34CC3(CC[C@@]21C)[C@]1(C)CC[C@H](O)C[C@@]1(O)[C@H](O)[C@@H]4O. The molecule has 4 unspecified atom stereocenters. The average Bonchev–Trinajstić information content (AvgIpc) is 3.35. The summed E-state index contributed by atoms with van der Waals surface area (Å²) in [6, 6.07) is 0. The van der Waals surface area contributed by atoms with Crippen LogP contribution in [0.3, 0.4) is 0 Å². The molecule has 4 nitrogen and oxygen atoms in total. The van der Waals surface area contributed by atoms with Gasteiger partial charge in [0.25, 0.3) is 0 Å². The van der Waals surface area contributed by atoms with Crippen LogP contribution >= 0.6 is 0 Å². The third-order valence-electron chi connectivity index (χ3n) is 12.7. The zero-order valence-corrected chi connectivity index (χ0v) is 21.7. The number of fused-ring (bicyclic) bond motifs is 2. The van der Waals surface area contributed by atoms with Gasteiger partial charge >= 0.3 is 0 Å². The molecule has 5 aliphatic carbocycles. The fourth-order valence-corrected chi connectivity index (χ4v) is 10.3. The van der Waals surface area contributed by atoms with Crippen molar-refractivity contribution in [3.63, 3.8) is 0 Å². The third kappa shape index (κ3) is 2.73. The summed E-state index contributed by atoms with van der Waals surface area (Å²) >= 11 is 0. The van der Waals surface area contributed by atoms with Crippen molar-refractivity contribution in [1.29, 1.82) is 0 Å². The van der Waals surface area contributed by atoms with E-state index >= 15 is 0 Å². The first-order chi connectivity index (χ1) is 15.3. The van der Waals surface area contributed by atoms with Crippen LogP contribution in [0, 0.1) is 51.2 Å². The molecule has 12 atom stereocenters. The minimum absolute atomic E-state index is 0.113. The Labute approximate surface area is 200 Å². The van der Waals surface area contributed by atoms with Gasteiger partial charge in [-0.1, -0.05) is 53.7 Å². The van der Waals surface area contributed by atoms with Crippen LogP contribution in [0.25, 0.3) is 0 Å². The number of aliphatic hydroxyl groups is 4. The van der Waals surface area contributed by atoms with Crippen molar-refractivity contribution in [2.45, 2.75) is 117 Å². The lowest BCUT2D eigenvalue weighted by Gasteiger charge is -2.66. The molecule has 0 saturated heterocycles. The van der Waals surface area contributed by atoms with Gasteiger partial charge in [0.2, 0.25) is 0 Å². The minimum Gasteiger partial charge on any atom is -0.393 e. The van der Waals surface area contributed by atoms with E-state index in [0.29, 0.717) is 36.0 Å². The molecule has 0 radical (unpaired) electrons. The van der Waals surface area contributed by atoms with Crippen LogP contribution in [-0.2, 0) is 0 Å². The van der Waals surface area contributed by atoms with Crippen molar-refractivity contribution in [3.05, 3.63) is 12.2 Å². The lowest BCUT2D eigenvalue weighted by molar-refractivity contribution is -0.297. The minimum atomic E-state index is -1.40. The fourth-order valence-electron chi connectivity index (χ4n) is 10.3. The number of allylic oxidation sites excluding steroid dienone is 2. The van der Waals surface area contributed by atoms with Gasteiger partial charge in [-0.2, -0.15) is 0 Å². The molecule has 0 aliphatic heterocycles. The van der Waals surface area contributed by atoms with Crippen molar-refractivity contribution in [2.75, 3.05) is 0 Å². The van der Waals surface area contributed by atoms with E-state index in [9.17, 15) is 20.4 Å². The van der Waals surface area contributed by atoms with E-state index in [0.717, 1.165) is 32.1 Å². The normalized spacial score (nSPS) is 57.2. The summed E-state index contributed by atoms with van der Waals surface area (Å²) in [5, 5.41) is 45.3. The van der Waals surface area contributed by atoms with Gasteiger partial charge in [0.15, 0.2) is 0 Å². The number of hydrogen-bond acceptors (Lipinski definition) is 4. The Morgan fingerprint density at radius 2 is 1.55 bits per heavy atom. The second kappa shape index (κ2) is 7.31. The largest absolute Gasteiger partial charge is 0.393 e. The third-order valence-corrected chi connectivity index (χ3v) is 12.7. The summed E-state index contributed by atoms with van der Waals surface area (Å²) in [5.74, 6) is 2.71. The van der Waals surface area contributed by atoms with E-state index in [4.69, 9.17) is 0 Å². The Kier molecular flexibility index (Phi) is 5.38. The monoisotopic (exact) mass is 460 g/mol.